The van der Waals surface area contributed by atoms with Gasteiger partial charge < -0.3 is 25.6 Å². The van der Waals surface area contributed by atoms with Crippen molar-refractivity contribution in [2.24, 2.45) is 5.73 Å². The third-order valence-corrected chi connectivity index (χ3v) is 6.56. The van der Waals surface area contributed by atoms with Crippen molar-refractivity contribution < 1.29 is 33.3 Å². The zero-order valence-corrected chi connectivity index (χ0v) is 20.9. The van der Waals surface area contributed by atoms with Crippen LogP contribution < -0.4 is 10.5 Å². The molecule has 0 spiro atoms. The number of rotatable bonds is 9. The predicted molar refractivity (Wildman–Crippen MR) is 137 cm³/mol. The van der Waals surface area contributed by atoms with E-state index >= 15 is 0 Å². The molecule has 1 amide bonds. The SMILES string of the molecule is CCc1cccc(CN(C[C@@H](O)[C@@H](N)Cc2cc(F)cc(F)c2)C(=O)C2CC(=O)c3ccc(O)cc3O2)c1. The second kappa shape index (κ2) is 11.7. The van der Waals surface area contributed by atoms with Crippen molar-refractivity contribution >= 4 is 11.7 Å². The summed E-state index contributed by atoms with van der Waals surface area (Å²) in [5.41, 5.74) is 8.60. The number of amides is 1. The summed E-state index contributed by atoms with van der Waals surface area (Å²) in [6.07, 6.45) is -1.83. The van der Waals surface area contributed by atoms with Gasteiger partial charge in [0.2, 0.25) is 0 Å². The number of aromatic hydroxyl groups is 1. The Hall–Kier alpha value is -3.82. The maximum absolute atomic E-state index is 13.6. The molecule has 0 saturated carbocycles. The van der Waals surface area contributed by atoms with Crippen molar-refractivity contribution in [3.05, 3.63) is 94.6 Å². The molecule has 0 bridgehead atoms. The Morgan fingerprint density at radius 1 is 1.08 bits per heavy atom. The Morgan fingerprint density at radius 3 is 2.50 bits per heavy atom. The smallest absolute Gasteiger partial charge is 0.264 e. The van der Waals surface area contributed by atoms with E-state index < -0.39 is 35.8 Å². The Balaban J connectivity index is 1.55. The highest BCUT2D eigenvalue weighted by atomic mass is 19.1. The summed E-state index contributed by atoms with van der Waals surface area (Å²) in [6.45, 7) is 1.93. The number of hydrogen-bond donors (Lipinski definition) is 3. The number of benzene rings is 3. The Kier molecular flexibility index (Phi) is 8.38. The van der Waals surface area contributed by atoms with Crippen molar-refractivity contribution in [2.75, 3.05) is 6.54 Å². The molecule has 38 heavy (non-hydrogen) atoms. The molecule has 1 heterocycles. The lowest BCUT2D eigenvalue weighted by Crippen LogP contribution is -2.50. The van der Waals surface area contributed by atoms with Gasteiger partial charge >= 0.3 is 0 Å². The van der Waals surface area contributed by atoms with Crippen molar-refractivity contribution in [2.45, 2.75) is 51.0 Å². The molecule has 9 heteroatoms. The monoisotopic (exact) mass is 524 g/mol. The first-order valence-electron chi connectivity index (χ1n) is 12.4. The molecule has 0 saturated heterocycles. The fourth-order valence-electron chi connectivity index (χ4n) is 4.55. The lowest BCUT2D eigenvalue weighted by Gasteiger charge is -2.33. The molecule has 3 atom stereocenters. The van der Waals surface area contributed by atoms with Gasteiger partial charge in [0, 0.05) is 31.3 Å². The number of Topliss-reactive ketones (excluding diaryl/α,β-unsaturated/α-hetero) is 1. The second-order valence-corrected chi connectivity index (χ2v) is 9.52. The van der Waals surface area contributed by atoms with Crippen molar-refractivity contribution in [3.63, 3.8) is 0 Å². The van der Waals surface area contributed by atoms with Crippen molar-refractivity contribution in [1.82, 2.24) is 4.90 Å². The normalized spacial score (nSPS) is 16.3. The first kappa shape index (κ1) is 27.2. The van der Waals surface area contributed by atoms with Gasteiger partial charge in [0.1, 0.15) is 23.1 Å². The average molecular weight is 525 g/mol. The van der Waals surface area contributed by atoms with E-state index in [-0.39, 0.29) is 54.3 Å². The van der Waals surface area contributed by atoms with Gasteiger partial charge in [-0.2, -0.15) is 0 Å². The summed E-state index contributed by atoms with van der Waals surface area (Å²) >= 11 is 0. The molecule has 1 aliphatic rings. The van der Waals surface area contributed by atoms with Gasteiger partial charge in [0.25, 0.3) is 5.91 Å². The van der Waals surface area contributed by atoms with E-state index in [0.717, 1.165) is 35.7 Å². The van der Waals surface area contributed by atoms with Crippen LogP contribution in [-0.2, 0) is 24.2 Å². The van der Waals surface area contributed by atoms with Gasteiger partial charge in [0.05, 0.1) is 18.1 Å². The minimum Gasteiger partial charge on any atom is -0.508 e. The van der Waals surface area contributed by atoms with Crippen LogP contribution in [0.15, 0.2) is 60.7 Å². The molecule has 0 aromatic heterocycles. The van der Waals surface area contributed by atoms with Crippen LogP contribution in [0.4, 0.5) is 8.78 Å². The summed E-state index contributed by atoms with van der Waals surface area (Å²) in [5, 5.41) is 20.7. The Labute approximate surface area is 219 Å². The number of aryl methyl sites for hydroxylation is 1. The highest BCUT2D eigenvalue weighted by Gasteiger charge is 2.35. The molecule has 1 aliphatic heterocycles. The van der Waals surface area contributed by atoms with Crippen molar-refractivity contribution in [1.29, 1.82) is 0 Å². The lowest BCUT2D eigenvalue weighted by atomic mass is 9.98. The molecule has 1 unspecified atom stereocenters. The first-order chi connectivity index (χ1) is 18.1. The highest BCUT2D eigenvalue weighted by Crippen LogP contribution is 2.31. The molecular weight excluding hydrogens is 494 g/mol. The topological polar surface area (TPSA) is 113 Å². The fraction of sp³-hybridized carbons (Fsp3) is 0.310. The van der Waals surface area contributed by atoms with Gasteiger partial charge in [-0.25, -0.2) is 8.78 Å². The lowest BCUT2D eigenvalue weighted by molar-refractivity contribution is -0.141. The Morgan fingerprint density at radius 2 is 1.79 bits per heavy atom. The van der Waals surface area contributed by atoms with E-state index in [4.69, 9.17) is 10.5 Å². The summed E-state index contributed by atoms with van der Waals surface area (Å²) in [4.78, 5) is 27.7. The first-order valence-corrected chi connectivity index (χ1v) is 12.4. The standard InChI is InChI=1S/C29H30F2N2O5/c1-2-17-4-3-5-18(8-17)15-33(16-26(36)24(32)11-19-9-20(30)12-21(31)10-19)29(37)28-14-25(35)23-7-6-22(34)13-27(23)38-28/h3-10,12-13,24,26,28,34,36H,2,11,14-16,32H2,1H3/t24-,26+,28?/m0/s1. The Bertz CT molecular complexity index is 1310. The second-order valence-electron chi connectivity index (χ2n) is 9.52. The quantitative estimate of drug-likeness (QED) is 0.395. The van der Waals surface area contributed by atoms with Gasteiger partial charge in [-0.15, -0.1) is 0 Å². The molecule has 0 aliphatic carbocycles. The van der Waals surface area contributed by atoms with Crippen LogP contribution >= 0.6 is 0 Å². The number of hydrogen-bond acceptors (Lipinski definition) is 6. The van der Waals surface area contributed by atoms with Gasteiger partial charge in [-0.05, 0) is 53.8 Å². The van der Waals surface area contributed by atoms with Crippen LogP contribution in [0.25, 0.3) is 0 Å². The zero-order valence-electron chi connectivity index (χ0n) is 20.9. The number of halogens is 2. The summed E-state index contributed by atoms with van der Waals surface area (Å²) < 4.78 is 33.0. The molecule has 4 rings (SSSR count). The van der Waals surface area contributed by atoms with E-state index in [1.54, 1.807) is 0 Å². The van der Waals surface area contributed by atoms with E-state index in [2.05, 4.69) is 0 Å². The van der Waals surface area contributed by atoms with Crippen LogP contribution in [0.3, 0.4) is 0 Å². The number of nitrogens with zero attached hydrogens (tertiary/aromatic N) is 1. The molecule has 3 aromatic rings. The van der Waals surface area contributed by atoms with Crippen LogP contribution in [-0.4, -0.2) is 51.6 Å². The fourth-order valence-corrected chi connectivity index (χ4v) is 4.55. The maximum Gasteiger partial charge on any atom is 0.264 e. The van der Waals surface area contributed by atoms with E-state index in [1.165, 1.54) is 23.1 Å². The number of carbonyl (C=O) groups excluding carboxylic acids is 2. The van der Waals surface area contributed by atoms with Crippen LogP contribution in [0.1, 0.15) is 40.4 Å². The van der Waals surface area contributed by atoms with E-state index in [9.17, 15) is 28.6 Å². The zero-order chi connectivity index (χ0) is 27.4. The average Bonchev–Trinajstić information content (AvgIpc) is 2.87. The maximum atomic E-state index is 13.6. The molecular formula is C29H30F2N2O5. The number of phenols is 1. The third kappa shape index (κ3) is 6.54. The minimum atomic E-state index is -1.24. The number of ketones is 1. The number of fused-ring (bicyclic) bond motifs is 1. The van der Waals surface area contributed by atoms with Crippen molar-refractivity contribution in [3.8, 4) is 11.5 Å². The van der Waals surface area contributed by atoms with E-state index in [1.807, 2.05) is 31.2 Å². The number of phenolic OH excluding ortho intramolecular Hbond substituents is 1. The number of ether oxygens (including phenoxy) is 1. The third-order valence-electron chi connectivity index (χ3n) is 6.56. The molecule has 3 aromatic carbocycles. The van der Waals surface area contributed by atoms with Gasteiger partial charge in [-0.3, -0.25) is 9.59 Å². The molecule has 200 valence electrons. The molecule has 7 nitrogen and oxygen atoms in total. The summed E-state index contributed by atoms with van der Waals surface area (Å²) in [6, 6.07) is 13.8. The van der Waals surface area contributed by atoms with Gasteiger partial charge in [-0.1, -0.05) is 31.2 Å². The minimum absolute atomic E-state index is 0.0196. The van der Waals surface area contributed by atoms with Crippen LogP contribution in [0, 0.1) is 11.6 Å². The number of aliphatic hydroxyl groups is 1. The van der Waals surface area contributed by atoms with Gasteiger partial charge in [0.15, 0.2) is 11.9 Å². The number of carbonyl (C=O) groups is 2. The highest BCUT2D eigenvalue weighted by molar-refractivity contribution is 6.03. The largest absolute Gasteiger partial charge is 0.508 e. The van der Waals surface area contributed by atoms with Crippen LogP contribution in [0.5, 0.6) is 11.5 Å². The number of nitrogens with two attached hydrogens (primary N) is 1. The molecule has 0 fully saturated rings. The number of aliphatic hydroxyl groups excluding tert-OH is 1. The summed E-state index contributed by atoms with van der Waals surface area (Å²) in [5.74, 6) is -2.33. The predicted octanol–water partition coefficient (Wildman–Crippen LogP) is 3.53. The molecule has 4 N–H and O–H groups in total. The van der Waals surface area contributed by atoms with Crippen LogP contribution in [0.2, 0.25) is 0 Å². The molecule has 0 radical (unpaired) electrons. The summed E-state index contributed by atoms with van der Waals surface area (Å²) in [7, 11) is 0. The van der Waals surface area contributed by atoms with E-state index in [0.29, 0.717) is 0 Å².